The van der Waals surface area contributed by atoms with E-state index in [1.807, 2.05) is 103 Å². The summed E-state index contributed by atoms with van der Waals surface area (Å²) >= 11 is 0. The third-order valence-electron chi connectivity index (χ3n) is 16.0. The van der Waals surface area contributed by atoms with E-state index in [9.17, 15) is 0 Å². The fourth-order valence-electron chi connectivity index (χ4n) is 11.3. The van der Waals surface area contributed by atoms with E-state index in [4.69, 9.17) is 0 Å². The summed E-state index contributed by atoms with van der Waals surface area (Å²) in [4.78, 5) is 0. The van der Waals surface area contributed by atoms with Crippen molar-refractivity contribution in [2.24, 2.45) is 0 Å². The molecule has 0 heterocycles. The van der Waals surface area contributed by atoms with E-state index in [-0.39, 0.29) is 0 Å². The molecule has 0 unspecified atom stereocenters. The predicted molar refractivity (Wildman–Crippen MR) is 407 cm³/mol. The lowest BCUT2D eigenvalue weighted by Gasteiger charge is -2.18. The molecule has 0 aliphatic heterocycles. The van der Waals surface area contributed by atoms with Crippen molar-refractivity contribution in [1.82, 2.24) is 0 Å². The van der Waals surface area contributed by atoms with Gasteiger partial charge in [-0.05, 0) is 247 Å². The van der Waals surface area contributed by atoms with Crippen LogP contribution in [0.25, 0.3) is 66.8 Å². The Morgan fingerprint density at radius 2 is 1.00 bits per heavy atom. The Morgan fingerprint density at radius 3 is 1.56 bits per heavy atom. The zero-order chi connectivity index (χ0) is 65.5. The summed E-state index contributed by atoms with van der Waals surface area (Å²) in [6.45, 7) is 33.3. The molecule has 2 aliphatic rings. The minimum absolute atomic E-state index is 0.859. The van der Waals surface area contributed by atoms with Crippen molar-refractivity contribution in [2.75, 3.05) is 0 Å². The number of aryl methyl sites for hydroxylation is 4. The van der Waals surface area contributed by atoms with Crippen LogP contribution in [0.4, 0.5) is 0 Å². The number of hydrogen-bond acceptors (Lipinski definition) is 0. The standard InChI is InChI=1S/C54H50.C20H20.C7H8.C6H10.2C2H6/c1-6-8-15-40(7-2)42-23-26-46(29-39-21-19-37(4)50(30-39)49-18-13-12-14-36(49)3)52(33-42)51-32-44(22-20-38(51)5)45-25-28-48-31-47-27-24-43(34-53(47)54(48)35-45)41-16-10-9-11-17-41;1-16(2)14-20(19-12-8-5-9-13-19)15-17(3)18-10-6-4-7-11-18;1-7-5-3-2-4-6-7;1-3-5-6-4-2;2*1-2/h7-8,10,12-28,30,32-35H,6,9,11,29,31H2,1-5H3;4-15H,1H2,2-3H3;2-6H,1H3;3-6H,1-2H3;2*1-2H3/b15-8-,40-7+;17-15+,20-14+;;5-3-,6-4-;;. The van der Waals surface area contributed by atoms with Crippen LogP contribution in [0, 0.1) is 27.7 Å². The maximum Gasteiger partial charge on any atom is -0.00134 e. The Hall–Kier alpha value is -9.36. The van der Waals surface area contributed by atoms with Crippen LogP contribution in [-0.4, -0.2) is 0 Å². The Kier molecular flexibility index (Phi) is 29.2. The molecule has 0 atom stereocenters. The summed E-state index contributed by atoms with van der Waals surface area (Å²) in [5.41, 5.74) is 32.4. The number of fused-ring (bicyclic) bond motifs is 3. The largest absolute Gasteiger partial charge is 0.0961 e. The van der Waals surface area contributed by atoms with Gasteiger partial charge in [0.05, 0.1) is 0 Å². The Bertz CT molecular complexity index is 4020. The van der Waals surface area contributed by atoms with Gasteiger partial charge in [-0.25, -0.2) is 0 Å². The van der Waals surface area contributed by atoms with Crippen molar-refractivity contribution in [3.05, 3.63) is 358 Å². The van der Waals surface area contributed by atoms with E-state index in [2.05, 4.69) is 280 Å². The molecule has 0 saturated heterocycles. The molecule has 9 aromatic carbocycles. The van der Waals surface area contributed by atoms with Gasteiger partial charge in [-0.15, -0.1) is 0 Å². The second kappa shape index (κ2) is 37.6. The first-order valence-electron chi connectivity index (χ1n) is 33.2. The summed E-state index contributed by atoms with van der Waals surface area (Å²) in [7, 11) is 0. The minimum atomic E-state index is 0.859. The van der Waals surface area contributed by atoms with Gasteiger partial charge < -0.3 is 0 Å². The van der Waals surface area contributed by atoms with E-state index in [0.717, 1.165) is 37.7 Å². The van der Waals surface area contributed by atoms with E-state index in [1.165, 1.54) is 134 Å². The maximum atomic E-state index is 3.99. The molecule has 11 rings (SSSR count). The van der Waals surface area contributed by atoms with Crippen LogP contribution >= 0.6 is 0 Å². The lowest BCUT2D eigenvalue weighted by molar-refractivity contribution is 1.04. The highest BCUT2D eigenvalue weighted by Crippen LogP contribution is 2.42. The first-order chi connectivity index (χ1) is 44.4. The van der Waals surface area contributed by atoms with Gasteiger partial charge in [-0.2, -0.15) is 0 Å². The Labute approximate surface area is 550 Å². The molecule has 0 bridgehead atoms. The average Bonchev–Trinajstić information content (AvgIpc) is 1.75. The van der Waals surface area contributed by atoms with Gasteiger partial charge in [-0.3, -0.25) is 0 Å². The van der Waals surface area contributed by atoms with Crippen LogP contribution in [-0.2, 0) is 12.8 Å². The molecule has 0 aromatic heterocycles. The molecule has 2 aliphatic carbocycles. The van der Waals surface area contributed by atoms with Crippen molar-refractivity contribution in [3.63, 3.8) is 0 Å². The molecule has 0 N–H and O–H groups in total. The molecule has 0 spiro atoms. The van der Waals surface area contributed by atoms with Gasteiger partial charge in [0.25, 0.3) is 0 Å². The summed E-state index contributed by atoms with van der Waals surface area (Å²) in [5.74, 6) is 0. The van der Waals surface area contributed by atoms with Crippen molar-refractivity contribution in [3.8, 4) is 44.5 Å². The zero-order valence-electron chi connectivity index (χ0n) is 57.3. The fraction of sp³-hybridized carbons (Fsp3) is 0.209. The van der Waals surface area contributed by atoms with E-state index in [0.29, 0.717) is 0 Å². The molecule has 0 amide bonds. The smallest absolute Gasteiger partial charge is 0.00134 e. The molecule has 9 aromatic rings. The number of benzene rings is 9. The molecule has 0 radical (unpaired) electrons. The van der Waals surface area contributed by atoms with Crippen LogP contribution < -0.4 is 0 Å². The van der Waals surface area contributed by atoms with Gasteiger partial charge >= 0.3 is 0 Å². The molecule has 0 heteroatoms. The summed E-state index contributed by atoms with van der Waals surface area (Å²) < 4.78 is 0. The van der Waals surface area contributed by atoms with Crippen LogP contribution in [0.1, 0.15) is 155 Å². The van der Waals surface area contributed by atoms with E-state index >= 15 is 0 Å². The highest BCUT2D eigenvalue weighted by Gasteiger charge is 2.21. The summed E-state index contributed by atoms with van der Waals surface area (Å²) in [6, 6.07) is 75.3. The minimum Gasteiger partial charge on any atom is -0.0961 e. The average molecular weight is 1190 g/mol. The van der Waals surface area contributed by atoms with Gasteiger partial charge in [0, 0.05) is 0 Å². The topological polar surface area (TPSA) is 0 Å². The number of hydrogen-bond donors (Lipinski definition) is 0. The van der Waals surface area contributed by atoms with Gasteiger partial charge in [0.1, 0.15) is 0 Å². The monoisotopic (exact) mass is 1190 g/mol. The normalized spacial score (nSPS) is 12.4. The third kappa shape index (κ3) is 20.6. The fourth-order valence-corrected chi connectivity index (χ4v) is 11.3. The number of rotatable bonds is 14. The first-order valence-corrected chi connectivity index (χ1v) is 33.2. The molecular formula is C91H100. The highest BCUT2D eigenvalue weighted by atomic mass is 14.3. The molecule has 464 valence electrons. The first kappa shape index (κ1) is 70.7. The van der Waals surface area contributed by atoms with Crippen LogP contribution in [0.5, 0.6) is 0 Å². The second-order valence-corrected chi connectivity index (χ2v) is 22.9. The number of allylic oxidation sites excluding steroid dienone is 17. The Balaban J connectivity index is 0.000000289. The summed E-state index contributed by atoms with van der Waals surface area (Å²) in [6.07, 6.45) is 31.2. The SMILES string of the molecule is C/C=C(\C=C/CC)c1ccc(Cc2ccc(C)c(-c3ccccc3C)c2)c(-c2cc(-c3ccc4c(c3)-c3cc(C5=CCCC=C5)ccc3C4)ccc2C)c1.C/C=C\C=C/C.C=C(C)/C=C(\C=C(/C)c1ccccc1)c1ccccc1.CC.CC.Cc1ccccc1. The third-order valence-corrected chi connectivity index (χ3v) is 16.0. The van der Waals surface area contributed by atoms with Crippen molar-refractivity contribution < 1.29 is 0 Å². The van der Waals surface area contributed by atoms with Crippen molar-refractivity contribution >= 4 is 22.3 Å². The van der Waals surface area contributed by atoms with Crippen molar-refractivity contribution in [1.29, 1.82) is 0 Å². The predicted octanol–water partition coefficient (Wildman–Crippen LogP) is 26.8. The summed E-state index contributed by atoms with van der Waals surface area (Å²) in [5, 5.41) is 0. The lowest BCUT2D eigenvalue weighted by atomic mass is 9.86. The molecule has 91 heavy (non-hydrogen) atoms. The zero-order valence-corrected chi connectivity index (χ0v) is 57.3. The van der Waals surface area contributed by atoms with Gasteiger partial charge in [0.2, 0.25) is 0 Å². The van der Waals surface area contributed by atoms with Crippen LogP contribution in [0.15, 0.2) is 291 Å². The molecular weight excluding hydrogens is 1090 g/mol. The molecule has 0 nitrogen and oxygen atoms in total. The van der Waals surface area contributed by atoms with E-state index < -0.39 is 0 Å². The van der Waals surface area contributed by atoms with E-state index in [1.54, 1.807) is 0 Å². The molecule has 0 fully saturated rings. The second-order valence-electron chi connectivity index (χ2n) is 22.9. The van der Waals surface area contributed by atoms with Gasteiger partial charge in [-0.1, -0.05) is 307 Å². The van der Waals surface area contributed by atoms with Crippen LogP contribution in [0.2, 0.25) is 0 Å². The highest BCUT2D eigenvalue weighted by molar-refractivity contribution is 5.88. The van der Waals surface area contributed by atoms with Crippen LogP contribution in [0.3, 0.4) is 0 Å². The van der Waals surface area contributed by atoms with Crippen molar-refractivity contribution in [2.45, 2.75) is 129 Å². The lowest BCUT2D eigenvalue weighted by Crippen LogP contribution is -1.98. The molecule has 0 saturated carbocycles. The van der Waals surface area contributed by atoms with Gasteiger partial charge in [0.15, 0.2) is 0 Å². The quantitative estimate of drug-likeness (QED) is 0.0952. The maximum absolute atomic E-state index is 3.99. The Morgan fingerprint density at radius 1 is 0.462 bits per heavy atom.